The van der Waals surface area contributed by atoms with Crippen LogP contribution in [-0.4, -0.2) is 47.1 Å². The van der Waals surface area contributed by atoms with Gasteiger partial charge in [0.05, 0.1) is 11.3 Å². The molecule has 114 valence electrons. The normalized spacial score (nSPS) is 23.0. The van der Waals surface area contributed by atoms with Crippen LogP contribution >= 0.6 is 12.2 Å². The summed E-state index contributed by atoms with van der Waals surface area (Å²) in [6.45, 7) is 8.72. The summed E-state index contributed by atoms with van der Waals surface area (Å²) in [4.78, 5) is 10.1. The number of rotatable bonds is 3. The third kappa shape index (κ3) is 2.90. The predicted octanol–water partition coefficient (Wildman–Crippen LogP) is 2.01. The van der Waals surface area contributed by atoms with Gasteiger partial charge in [-0.2, -0.15) is 0 Å². The molecule has 0 saturated carbocycles. The second kappa shape index (κ2) is 5.89. The van der Waals surface area contributed by atoms with Crippen molar-refractivity contribution >= 4 is 22.9 Å². The van der Waals surface area contributed by atoms with Crippen molar-refractivity contribution in [3.8, 4) is 0 Å². The van der Waals surface area contributed by atoms with E-state index in [2.05, 4.69) is 20.9 Å². The largest absolute Gasteiger partial charge is 0.389 e. The number of likely N-dealkylation sites (tertiary alicyclic amines) is 1. The predicted molar refractivity (Wildman–Crippen MR) is 91.0 cm³/mol. The third-order valence-electron chi connectivity index (χ3n) is 4.72. The van der Waals surface area contributed by atoms with Crippen LogP contribution in [0.5, 0.6) is 0 Å². The number of hydrogen-bond acceptors (Lipinski definition) is 4. The number of aromatic nitrogens is 1. The van der Waals surface area contributed by atoms with Gasteiger partial charge in [-0.15, -0.1) is 0 Å². The van der Waals surface area contributed by atoms with Gasteiger partial charge in [-0.25, -0.2) is 0 Å². The highest BCUT2D eigenvalue weighted by Crippen LogP contribution is 2.29. The summed E-state index contributed by atoms with van der Waals surface area (Å²) >= 11 is 5.25. The number of anilines is 1. The Morgan fingerprint density at radius 2 is 2.00 bits per heavy atom. The zero-order chi connectivity index (χ0) is 15.0. The van der Waals surface area contributed by atoms with Gasteiger partial charge in [0.2, 0.25) is 0 Å². The lowest BCUT2D eigenvalue weighted by atomic mass is 10.1. The molecule has 2 fully saturated rings. The minimum Gasteiger partial charge on any atom is -0.389 e. The van der Waals surface area contributed by atoms with Crippen LogP contribution in [0.2, 0.25) is 0 Å². The molecule has 0 aromatic carbocycles. The van der Waals surface area contributed by atoms with Gasteiger partial charge in [-0.1, -0.05) is 12.2 Å². The molecule has 2 aliphatic heterocycles. The van der Waals surface area contributed by atoms with Gasteiger partial charge >= 0.3 is 0 Å². The average molecular weight is 304 g/mol. The van der Waals surface area contributed by atoms with Crippen LogP contribution in [0.1, 0.15) is 36.2 Å². The van der Waals surface area contributed by atoms with E-state index in [-0.39, 0.29) is 0 Å². The van der Waals surface area contributed by atoms with Crippen LogP contribution in [0.4, 0.5) is 5.69 Å². The Balaban J connectivity index is 1.85. The molecule has 0 amide bonds. The number of nitrogens with two attached hydrogens (primary N) is 1. The van der Waals surface area contributed by atoms with Crippen LogP contribution in [0.3, 0.4) is 0 Å². The molecule has 2 aliphatic rings. The minimum absolute atomic E-state index is 0.458. The lowest BCUT2D eigenvalue weighted by Crippen LogP contribution is -2.35. The second-order valence-corrected chi connectivity index (χ2v) is 6.68. The van der Waals surface area contributed by atoms with E-state index < -0.39 is 0 Å². The average Bonchev–Trinajstić information content (AvgIpc) is 3.08. The van der Waals surface area contributed by atoms with Crippen LogP contribution in [0, 0.1) is 13.8 Å². The summed E-state index contributed by atoms with van der Waals surface area (Å²) in [5.41, 5.74) is 10.1. The van der Waals surface area contributed by atoms with E-state index in [9.17, 15) is 0 Å². The molecule has 1 aromatic heterocycles. The topological polar surface area (TPSA) is 45.4 Å². The number of hydrogen-bond donors (Lipinski definition) is 1. The van der Waals surface area contributed by atoms with E-state index in [1.54, 1.807) is 0 Å². The van der Waals surface area contributed by atoms with Crippen LogP contribution in [-0.2, 0) is 0 Å². The molecule has 1 atom stereocenters. The molecule has 3 heterocycles. The van der Waals surface area contributed by atoms with Gasteiger partial charge in [0, 0.05) is 30.5 Å². The smallest absolute Gasteiger partial charge is 0.107 e. The Bertz CT molecular complexity index is 551. The lowest BCUT2D eigenvalue weighted by Gasteiger charge is -2.26. The van der Waals surface area contributed by atoms with E-state index in [4.69, 9.17) is 18.0 Å². The first kappa shape index (κ1) is 14.7. The zero-order valence-electron chi connectivity index (χ0n) is 12.9. The molecule has 3 rings (SSSR count). The Labute approximate surface area is 132 Å². The van der Waals surface area contributed by atoms with Gasteiger partial charge in [-0.3, -0.25) is 9.88 Å². The summed E-state index contributed by atoms with van der Waals surface area (Å²) in [5.74, 6) is 0. The molecule has 1 unspecified atom stereocenters. The van der Waals surface area contributed by atoms with E-state index in [0.717, 1.165) is 30.0 Å². The molecular weight excluding hydrogens is 280 g/mol. The molecule has 0 spiro atoms. The molecule has 2 saturated heterocycles. The Hall–Kier alpha value is -1.20. The second-order valence-electron chi connectivity index (χ2n) is 6.24. The minimum atomic E-state index is 0.458. The molecule has 0 aliphatic carbocycles. The van der Waals surface area contributed by atoms with Crippen molar-refractivity contribution in [3.05, 3.63) is 23.0 Å². The van der Waals surface area contributed by atoms with Crippen molar-refractivity contribution in [2.45, 2.75) is 39.2 Å². The summed E-state index contributed by atoms with van der Waals surface area (Å²) in [5, 5.41) is 0. The standard InChI is InChI=1S/C16H24N4S/c1-11-9-14(15(16(17)21)12(2)18-11)20-8-5-13(10-20)19-6-3-4-7-19/h9,13H,3-8,10H2,1-2H3,(H2,17,21). The fourth-order valence-corrected chi connectivity index (χ4v) is 3.98. The maximum Gasteiger partial charge on any atom is 0.107 e. The highest BCUT2D eigenvalue weighted by Gasteiger charge is 2.31. The number of nitrogens with zero attached hydrogens (tertiary/aromatic N) is 3. The van der Waals surface area contributed by atoms with E-state index in [0.29, 0.717) is 11.0 Å². The highest BCUT2D eigenvalue weighted by atomic mass is 32.1. The number of aryl methyl sites for hydroxylation is 2. The first-order valence-electron chi connectivity index (χ1n) is 7.83. The van der Waals surface area contributed by atoms with Crippen molar-refractivity contribution in [3.63, 3.8) is 0 Å². The SMILES string of the molecule is Cc1cc(N2CCC(N3CCCC3)C2)c(C(N)=S)c(C)n1. The third-order valence-corrected chi connectivity index (χ3v) is 4.92. The van der Waals surface area contributed by atoms with E-state index in [1.165, 1.54) is 38.0 Å². The summed E-state index contributed by atoms with van der Waals surface area (Å²) in [7, 11) is 0. The Morgan fingerprint density at radius 3 is 2.67 bits per heavy atom. The lowest BCUT2D eigenvalue weighted by molar-refractivity contribution is 0.260. The molecule has 21 heavy (non-hydrogen) atoms. The van der Waals surface area contributed by atoms with E-state index >= 15 is 0 Å². The quantitative estimate of drug-likeness (QED) is 0.866. The van der Waals surface area contributed by atoms with Crippen LogP contribution in [0.15, 0.2) is 6.07 Å². The summed E-state index contributed by atoms with van der Waals surface area (Å²) in [6, 6.07) is 2.81. The van der Waals surface area contributed by atoms with Crippen LogP contribution in [0.25, 0.3) is 0 Å². The van der Waals surface area contributed by atoms with Gasteiger partial charge in [0.1, 0.15) is 4.99 Å². The van der Waals surface area contributed by atoms with Crippen molar-refractivity contribution in [1.82, 2.24) is 9.88 Å². The van der Waals surface area contributed by atoms with Gasteiger partial charge < -0.3 is 10.6 Å². The fraction of sp³-hybridized carbons (Fsp3) is 0.625. The van der Waals surface area contributed by atoms with Gasteiger partial charge in [-0.05, 0) is 52.3 Å². The first-order chi connectivity index (χ1) is 10.1. The summed E-state index contributed by atoms with van der Waals surface area (Å²) < 4.78 is 0. The highest BCUT2D eigenvalue weighted by molar-refractivity contribution is 7.80. The Kier molecular flexibility index (Phi) is 4.13. The van der Waals surface area contributed by atoms with Crippen molar-refractivity contribution in [2.75, 3.05) is 31.1 Å². The van der Waals surface area contributed by atoms with E-state index in [1.807, 2.05) is 13.8 Å². The summed E-state index contributed by atoms with van der Waals surface area (Å²) in [6.07, 6.45) is 3.93. The number of pyridine rings is 1. The fourth-order valence-electron chi connectivity index (χ4n) is 3.73. The first-order valence-corrected chi connectivity index (χ1v) is 8.24. The maximum atomic E-state index is 5.94. The van der Waals surface area contributed by atoms with Gasteiger partial charge in [0.15, 0.2) is 0 Å². The number of thiocarbonyl (C=S) groups is 1. The van der Waals surface area contributed by atoms with Gasteiger partial charge in [0.25, 0.3) is 0 Å². The van der Waals surface area contributed by atoms with Crippen molar-refractivity contribution in [2.24, 2.45) is 5.73 Å². The Morgan fingerprint density at radius 1 is 1.29 bits per heavy atom. The monoisotopic (exact) mass is 304 g/mol. The van der Waals surface area contributed by atoms with Crippen molar-refractivity contribution < 1.29 is 0 Å². The van der Waals surface area contributed by atoms with Crippen molar-refractivity contribution in [1.29, 1.82) is 0 Å². The zero-order valence-corrected chi connectivity index (χ0v) is 13.7. The molecular formula is C16H24N4S. The molecule has 0 radical (unpaired) electrons. The molecule has 2 N–H and O–H groups in total. The molecule has 5 heteroatoms. The maximum absolute atomic E-state index is 5.94. The molecule has 1 aromatic rings. The van der Waals surface area contributed by atoms with Crippen LogP contribution < -0.4 is 10.6 Å². The molecule has 4 nitrogen and oxygen atoms in total. The molecule has 0 bridgehead atoms.